The van der Waals surface area contributed by atoms with E-state index in [1.165, 1.54) is 22.7 Å². The highest BCUT2D eigenvalue weighted by Gasteiger charge is 2.29. The van der Waals surface area contributed by atoms with Crippen molar-refractivity contribution in [1.29, 1.82) is 0 Å². The zero-order valence-corrected chi connectivity index (χ0v) is 15.5. The molecule has 1 saturated heterocycles. The van der Waals surface area contributed by atoms with Crippen LogP contribution in [-0.2, 0) is 4.79 Å². The van der Waals surface area contributed by atoms with Crippen molar-refractivity contribution < 1.29 is 14.0 Å². The van der Waals surface area contributed by atoms with Crippen molar-refractivity contribution in [2.75, 3.05) is 18.4 Å². The second-order valence-corrected chi connectivity index (χ2v) is 7.88. The number of furan rings is 1. The summed E-state index contributed by atoms with van der Waals surface area (Å²) >= 11 is 2.79. The van der Waals surface area contributed by atoms with Crippen molar-refractivity contribution in [3.63, 3.8) is 0 Å². The Labute approximate surface area is 158 Å². The molecule has 0 bridgehead atoms. The fourth-order valence-corrected chi connectivity index (χ4v) is 4.40. The van der Waals surface area contributed by atoms with E-state index in [1.807, 2.05) is 29.0 Å². The first kappa shape index (κ1) is 17.0. The number of nitrogens with one attached hydrogen (secondary N) is 1. The third-order valence-electron chi connectivity index (χ3n) is 4.32. The van der Waals surface area contributed by atoms with E-state index in [-0.39, 0.29) is 17.7 Å². The lowest BCUT2D eigenvalue weighted by Crippen LogP contribution is -2.43. The minimum absolute atomic E-state index is 0.00635. The molecule has 4 rings (SSSR count). The highest BCUT2D eigenvalue weighted by Crippen LogP contribution is 2.27. The summed E-state index contributed by atoms with van der Waals surface area (Å²) in [5.74, 6) is 0.372. The predicted octanol–water partition coefficient (Wildman–Crippen LogP) is 3.96. The fourth-order valence-electron chi connectivity index (χ4n) is 3.01. The standard InChI is InChI=1S/C18H17N3O3S2/c22-16(20-18-19-13(11-26-18)14-5-2-8-24-14)12-4-1-7-21(10-12)17(23)15-6-3-9-25-15/h2-3,5-6,8-9,11-12H,1,4,7,10H2,(H,19,20,22)/t12-/m0/s1. The molecule has 8 heteroatoms. The summed E-state index contributed by atoms with van der Waals surface area (Å²) in [6, 6.07) is 7.32. The lowest BCUT2D eigenvalue weighted by Gasteiger charge is -2.31. The Hall–Kier alpha value is -2.45. The van der Waals surface area contributed by atoms with Crippen LogP contribution in [0.15, 0.2) is 45.7 Å². The van der Waals surface area contributed by atoms with Gasteiger partial charge in [-0.15, -0.1) is 22.7 Å². The number of thiazole rings is 1. The average Bonchev–Trinajstić information content (AvgIpc) is 3.42. The van der Waals surface area contributed by atoms with Gasteiger partial charge in [-0.25, -0.2) is 4.98 Å². The second-order valence-electron chi connectivity index (χ2n) is 6.07. The molecule has 6 nitrogen and oxygen atoms in total. The summed E-state index contributed by atoms with van der Waals surface area (Å²) in [5.41, 5.74) is 0.702. The van der Waals surface area contributed by atoms with Gasteiger partial charge >= 0.3 is 0 Å². The van der Waals surface area contributed by atoms with Gasteiger partial charge in [0.05, 0.1) is 17.1 Å². The maximum Gasteiger partial charge on any atom is 0.263 e. The fraction of sp³-hybridized carbons (Fsp3) is 0.278. The number of hydrogen-bond acceptors (Lipinski definition) is 6. The van der Waals surface area contributed by atoms with Gasteiger partial charge in [0.25, 0.3) is 5.91 Å². The number of carbonyl (C=O) groups excluding carboxylic acids is 2. The minimum atomic E-state index is -0.219. The first-order chi connectivity index (χ1) is 12.7. The zero-order valence-electron chi connectivity index (χ0n) is 13.9. The Kier molecular flexibility index (Phi) is 4.85. The Morgan fingerprint density at radius 3 is 2.96 bits per heavy atom. The van der Waals surface area contributed by atoms with Crippen LogP contribution in [0.4, 0.5) is 5.13 Å². The molecule has 3 aromatic rings. The number of anilines is 1. The van der Waals surface area contributed by atoms with Gasteiger partial charge in [0.2, 0.25) is 5.91 Å². The zero-order chi connectivity index (χ0) is 17.9. The Morgan fingerprint density at radius 2 is 2.19 bits per heavy atom. The number of amides is 2. The average molecular weight is 387 g/mol. The number of aromatic nitrogens is 1. The SMILES string of the molecule is O=C(Nc1nc(-c2ccco2)cs1)[C@H]1CCCN(C(=O)c2cccs2)C1. The molecule has 0 aliphatic carbocycles. The molecule has 1 fully saturated rings. The molecule has 0 aromatic carbocycles. The Balaban J connectivity index is 1.39. The number of rotatable bonds is 4. The Bertz CT molecular complexity index is 887. The molecule has 0 unspecified atom stereocenters. The molecular formula is C18H17N3O3S2. The van der Waals surface area contributed by atoms with Crippen LogP contribution in [-0.4, -0.2) is 34.8 Å². The van der Waals surface area contributed by atoms with E-state index < -0.39 is 0 Å². The molecule has 1 N–H and O–H groups in total. The van der Waals surface area contributed by atoms with E-state index in [9.17, 15) is 9.59 Å². The van der Waals surface area contributed by atoms with Crippen LogP contribution in [0.3, 0.4) is 0 Å². The van der Waals surface area contributed by atoms with Gasteiger partial charge in [-0.3, -0.25) is 9.59 Å². The molecule has 1 aliphatic heterocycles. The number of piperidine rings is 1. The quantitative estimate of drug-likeness (QED) is 0.735. The third kappa shape index (κ3) is 3.56. The van der Waals surface area contributed by atoms with Gasteiger partial charge in [0.1, 0.15) is 5.69 Å². The van der Waals surface area contributed by atoms with Gasteiger partial charge in [-0.05, 0) is 36.4 Å². The van der Waals surface area contributed by atoms with E-state index in [2.05, 4.69) is 10.3 Å². The number of hydrogen-bond donors (Lipinski definition) is 1. The van der Waals surface area contributed by atoms with Crippen LogP contribution in [0.2, 0.25) is 0 Å². The van der Waals surface area contributed by atoms with E-state index in [0.29, 0.717) is 34.6 Å². The van der Waals surface area contributed by atoms with Crippen molar-refractivity contribution in [2.45, 2.75) is 12.8 Å². The van der Waals surface area contributed by atoms with Crippen molar-refractivity contribution in [1.82, 2.24) is 9.88 Å². The van der Waals surface area contributed by atoms with Crippen molar-refractivity contribution in [3.05, 3.63) is 46.2 Å². The highest BCUT2D eigenvalue weighted by molar-refractivity contribution is 7.14. The van der Waals surface area contributed by atoms with Crippen molar-refractivity contribution >= 4 is 39.6 Å². The van der Waals surface area contributed by atoms with Crippen molar-refractivity contribution in [2.24, 2.45) is 5.92 Å². The number of carbonyl (C=O) groups is 2. The summed E-state index contributed by atoms with van der Waals surface area (Å²) in [6.45, 7) is 1.14. The smallest absolute Gasteiger partial charge is 0.263 e. The molecule has 0 spiro atoms. The van der Waals surface area contributed by atoms with Crippen LogP contribution in [0.5, 0.6) is 0 Å². The maximum atomic E-state index is 12.6. The summed E-state index contributed by atoms with van der Waals surface area (Å²) in [5, 5.41) is 7.16. The molecule has 134 valence electrons. The monoisotopic (exact) mass is 387 g/mol. The third-order valence-corrected chi connectivity index (χ3v) is 5.93. The molecule has 2 amide bonds. The van der Waals surface area contributed by atoms with Gasteiger partial charge in [-0.2, -0.15) is 0 Å². The predicted molar refractivity (Wildman–Crippen MR) is 101 cm³/mol. The molecule has 3 aromatic heterocycles. The molecular weight excluding hydrogens is 370 g/mol. The van der Waals surface area contributed by atoms with Gasteiger partial charge in [0.15, 0.2) is 10.9 Å². The highest BCUT2D eigenvalue weighted by atomic mass is 32.1. The minimum Gasteiger partial charge on any atom is -0.463 e. The normalized spacial score (nSPS) is 17.2. The van der Waals surface area contributed by atoms with Crippen LogP contribution >= 0.6 is 22.7 Å². The lowest BCUT2D eigenvalue weighted by molar-refractivity contribution is -0.121. The second kappa shape index (κ2) is 7.43. The van der Waals surface area contributed by atoms with Gasteiger partial charge < -0.3 is 14.6 Å². The molecule has 0 radical (unpaired) electrons. The number of thiophene rings is 1. The molecule has 4 heterocycles. The van der Waals surface area contributed by atoms with Crippen molar-refractivity contribution in [3.8, 4) is 11.5 Å². The largest absolute Gasteiger partial charge is 0.463 e. The van der Waals surface area contributed by atoms with Crippen LogP contribution < -0.4 is 5.32 Å². The molecule has 0 saturated carbocycles. The van der Waals surface area contributed by atoms with Crippen LogP contribution in [0.25, 0.3) is 11.5 Å². The van der Waals surface area contributed by atoms with E-state index in [1.54, 1.807) is 17.2 Å². The first-order valence-electron chi connectivity index (χ1n) is 8.34. The van der Waals surface area contributed by atoms with Crippen LogP contribution in [0.1, 0.15) is 22.5 Å². The summed E-state index contributed by atoms with van der Waals surface area (Å²) in [7, 11) is 0. The number of nitrogens with zero attached hydrogens (tertiary/aromatic N) is 2. The van der Waals surface area contributed by atoms with E-state index in [4.69, 9.17) is 4.42 Å². The maximum absolute atomic E-state index is 12.6. The summed E-state index contributed by atoms with van der Waals surface area (Å²) in [6.07, 6.45) is 3.19. The summed E-state index contributed by atoms with van der Waals surface area (Å²) < 4.78 is 5.32. The molecule has 1 aliphatic rings. The Morgan fingerprint density at radius 1 is 1.27 bits per heavy atom. The molecule has 26 heavy (non-hydrogen) atoms. The van der Waals surface area contributed by atoms with E-state index >= 15 is 0 Å². The van der Waals surface area contributed by atoms with Gasteiger partial charge in [0, 0.05) is 18.5 Å². The first-order valence-corrected chi connectivity index (χ1v) is 10.1. The van der Waals surface area contributed by atoms with Gasteiger partial charge in [-0.1, -0.05) is 6.07 Å². The lowest BCUT2D eigenvalue weighted by atomic mass is 9.97. The van der Waals surface area contributed by atoms with Crippen LogP contribution in [0, 0.1) is 5.92 Å². The number of likely N-dealkylation sites (tertiary alicyclic amines) is 1. The topological polar surface area (TPSA) is 75.4 Å². The summed E-state index contributed by atoms with van der Waals surface area (Å²) in [4.78, 5) is 32.0. The van der Waals surface area contributed by atoms with E-state index in [0.717, 1.165) is 12.8 Å². The molecule has 1 atom stereocenters.